The lowest BCUT2D eigenvalue weighted by molar-refractivity contribution is -0.0174. The maximum Gasteiger partial charge on any atom is 0.250 e. The fourth-order valence-corrected chi connectivity index (χ4v) is 3.80. The molecule has 2 bridgehead atoms. The molecule has 0 aliphatic carbocycles. The topological polar surface area (TPSA) is 54.7 Å². The molecule has 0 unspecified atom stereocenters. The fourth-order valence-electron chi connectivity index (χ4n) is 3.80. The first-order valence-corrected chi connectivity index (χ1v) is 8.24. The Morgan fingerprint density at radius 3 is 2.91 bits per heavy atom. The van der Waals surface area contributed by atoms with Crippen molar-refractivity contribution >= 4 is 0 Å². The van der Waals surface area contributed by atoms with E-state index in [0.717, 1.165) is 31.7 Å². The third kappa shape index (κ3) is 3.42. The summed E-state index contributed by atoms with van der Waals surface area (Å²) in [6, 6.07) is 5.58. The van der Waals surface area contributed by atoms with Gasteiger partial charge in [-0.25, -0.2) is 0 Å². The zero-order valence-corrected chi connectivity index (χ0v) is 13.4. The minimum absolute atomic E-state index is 0.117. The van der Waals surface area contributed by atoms with Gasteiger partial charge in [-0.15, -0.1) is 0 Å². The second kappa shape index (κ2) is 6.52. The maximum atomic E-state index is 12.0. The largest absolute Gasteiger partial charge is 0.389 e. The van der Waals surface area contributed by atoms with E-state index in [1.807, 2.05) is 24.5 Å². The molecule has 5 heteroatoms. The summed E-state index contributed by atoms with van der Waals surface area (Å²) in [5, 5.41) is 10.1. The number of likely N-dealkylation sites (tertiary alicyclic amines) is 1. The predicted octanol–water partition coefficient (Wildman–Crippen LogP) is 1.05. The monoisotopic (exact) mass is 306 g/mol. The molecule has 1 aromatic heterocycles. The van der Waals surface area contributed by atoms with Crippen molar-refractivity contribution in [2.75, 3.05) is 26.2 Å². The van der Waals surface area contributed by atoms with E-state index in [0.29, 0.717) is 25.0 Å². The molecule has 1 fully saturated rings. The molecule has 5 nitrogen and oxygen atoms in total. The van der Waals surface area contributed by atoms with E-state index in [4.69, 9.17) is 4.74 Å². The number of nitrogens with zero attached hydrogens (tertiary/aromatic N) is 2. The zero-order chi connectivity index (χ0) is 15.7. The summed E-state index contributed by atoms with van der Waals surface area (Å²) >= 11 is 0. The van der Waals surface area contributed by atoms with E-state index in [-0.39, 0.29) is 11.7 Å². The second-order valence-corrected chi connectivity index (χ2v) is 6.95. The van der Waals surface area contributed by atoms with Crippen LogP contribution in [0.15, 0.2) is 23.0 Å². The van der Waals surface area contributed by atoms with Crippen LogP contribution in [0.1, 0.15) is 31.9 Å². The molecule has 3 rings (SSSR count). The number of aliphatic hydroxyl groups excluding tert-OH is 1. The van der Waals surface area contributed by atoms with Gasteiger partial charge in [0.05, 0.1) is 18.8 Å². The highest BCUT2D eigenvalue weighted by Gasteiger charge is 2.34. The van der Waals surface area contributed by atoms with Crippen molar-refractivity contribution in [3.05, 3.63) is 34.2 Å². The van der Waals surface area contributed by atoms with Gasteiger partial charge in [0.1, 0.15) is 0 Å². The van der Waals surface area contributed by atoms with Crippen molar-refractivity contribution in [2.45, 2.75) is 44.9 Å². The highest BCUT2D eigenvalue weighted by atomic mass is 16.5. The Morgan fingerprint density at radius 2 is 2.14 bits per heavy atom. The molecule has 1 saturated heterocycles. The number of ether oxygens (including phenoxy) is 1. The predicted molar refractivity (Wildman–Crippen MR) is 85.1 cm³/mol. The molecule has 3 atom stereocenters. The summed E-state index contributed by atoms with van der Waals surface area (Å²) in [4.78, 5) is 14.3. The number of hydrogen-bond donors (Lipinski definition) is 1. The minimum atomic E-state index is -0.445. The third-order valence-corrected chi connectivity index (χ3v) is 4.65. The van der Waals surface area contributed by atoms with Crippen LogP contribution in [0.3, 0.4) is 0 Å². The van der Waals surface area contributed by atoms with Crippen LogP contribution in [0.25, 0.3) is 0 Å². The van der Waals surface area contributed by atoms with Crippen LogP contribution >= 0.6 is 0 Å². The van der Waals surface area contributed by atoms with Gasteiger partial charge in [0, 0.05) is 43.9 Å². The quantitative estimate of drug-likeness (QED) is 0.883. The number of rotatable bonds is 5. The van der Waals surface area contributed by atoms with Crippen LogP contribution in [0.2, 0.25) is 0 Å². The summed E-state index contributed by atoms with van der Waals surface area (Å²) in [6.07, 6.45) is 0.853. The SMILES string of the molecule is CC(C)OC[C@H](O)CN1C[C@@H]2C[C@@H](C1)c1cccc(=O)n1C2. The summed E-state index contributed by atoms with van der Waals surface area (Å²) in [5.74, 6) is 0.907. The number of β-amino-alcohol motifs (C(OH)–C–C–N with tert-alkyl or cyclic N) is 1. The molecule has 0 aromatic carbocycles. The van der Waals surface area contributed by atoms with E-state index < -0.39 is 6.10 Å². The number of aromatic nitrogens is 1. The molecule has 122 valence electrons. The lowest BCUT2D eigenvalue weighted by atomic mass is 9.83. The van der Waals surface area contributed by atoms with Crippen molar-refractivity contribution in [1.82, 2.24) is 9.47 Å². The molecular weight excluding hydrogens is 280 g/mol. The molecule has 1 aromatic rings. The fraction of sp³-hybridized carbons (Fsp3) is 0.706. The highest BCUT2D eigenvalue weighted by Crippen LogP contribution is 2.34. The van der Waals surface area contributed by atoms with Gasteiger partial charge in [-0.1, -0.05) is 6.07 Å². The van der Waals surface area contributed by atoms with Gasteiger partial charge in [0.25, 0.3) is 5.56 Å². The third-order valence-electron chi connectivity index (χ3n) is 4.65. The first-order valence-electron chi connectivity index (χ1n) is 8.24. The molecule has 1 N–H and O–H groups in total. The van der Waals surface area contributed by atoms with Gasteiger partial charge in [0.2, 0.25) is 0 Å². The van der Waals surface area contributed by atoms with Crippen LogP contribution in [0.4, 0.5) is 0 Å². The number of aliphatic hydroxyl groups is 1. The minimum Gasteiger partial charge on any atom is -0.389 e. The first kappa shape index (κ1) is 15.7. The number of piperidine rings is 1. The summed E-state index contributed by atoms with van der Waals surface area (Å²) in [6.45, 7) is 7.67. The number of fused-ring (bicyclic) bond motifs is 4. The average Bonchev–Trinajstić information content (AvgIpc) is 2.46. The molecule has 2 aliphatic rings. The van der Waals surface area contributed by atoms with Gasteiger partial charge in [0.15, 0.2) is 0 Å². The Balaban J connectivity index is 1.65. The van der Waals surface area contributed by atoms with Crippen LogP contribution in [0.5, 0.6) is 0 Å². The summed E-state index contributed by atoms with van der Waals surface area (Å²) < 4.78 is 7.43. The number of pyridine rings is 1. The summed E-state index contributed by atoms with van der Waals surface area (Å²) in [5.41, 5.74) is 1.27. The molecule has 22 heavy (non-hydrogen) atoms. The molecule has 0 amide bonds. The normalized spacial score (nSPS) is 26.0. The van der Waals surface area contributed by atoms with Gasteiger partial charge in [-0.05, 0) is 32.3 Å². The standard InChI is InChI=1S/C17H26N2O3/c1-12(2)22-11-15(20)10-18-7-13-6-14(9-18)16-4-3-5-17(21)19(16)8-13/h3-5,12-15,20H,6-11H2,1-2H3/t13-,14-,15+/m0/s1. The van der Waals surface area contributed by atoms with Gasteiger partial charge >= 0.3 is 0 Å². The van der Waals surface area contributed by atoms with Crippen molar-refractivity contribution in [1.29, 1.82) is 0 Å². The maximum absolute atomic E-state index is 12.0. The smallest absolute Gasteiger partial charge is 0.250 e. The van der Waals surface area contributed by atoms with E-state index in [9.17, 15) is 9.90 Å². The lowest BCUT2D eigenvalue weighted by Gasteiger charge is -2.43. The van der Waals surface area contributed by atoms with Crippen LogP contribution < -0.4 is 5.56 Å². The zero-order valence-electron chi connectivity index (χ0n) is 13.4. The second-order valence-electron chi connectivity index (χ2n) is 6.95. The molecule has 3 heterocycles. The highest BCUT2D eigenvalue weighted by molar-refractivity contribution is 5.16. The van der Waals surface area contributed by atoms with Crippen molar-refractivity contribution in [2.24, 2.45) is 5.92 Å². The van der Waals surface area contributed by atoms with E-state index in [1.165, 1.54) is 0 Å². The number of hydrogen-bond acceptors (Lipinski definition) is 4. The van der Waals surface area contributed by atoms with Crippen molar-refractivity contribution in [3.8, 4) is 0 Å². The van der Waals surface area contributed by atoms with Crippen LogP contribution in [-0.2, 0) is 11.3 Å². The van der Waals surface area contributed by atoms with E-state index >= 15 is 0 Å². The van der Waals surface area contributed by atoms with E-state index in [2.05, 4.69) is 11.0 Å². The first-order chi connectivity index (χ1) is 10.5. The molecule has 2 aliphatic heterocycles. The molecule has 0 spiro atoms. The molecule has 0 saturated carbocycles. The van der Waals surface area contributed by atoms with Gasteiger partial charge in [-0.3, -0.25) is 9.69 Å². The Labute approximate surface area is 131 Å². The average molecular weight is 306 g/mol. The molecule has 0 radical (unpaired) electrons. The van der Waals surface area contributed by atoms with Crippen LogP contribution in [-0.4, -0.2) is 53.0 Å². The lowest BCUT2D eigenvalue weighted by Crippen LogP contribution is -2.49. The van der Waals surface area contributed by atoms with Crippen molar-refractivity contribution < 1.29 is 9.84 Å². The summed E-state index contributed by atoms with van der Waals surface area (Å²) in [7, 11) is 0. The Kier molecular flexibility index (Phi) is 4.66. The van der Waals surface area contributed by atoms with Gasteiger partial charge in [-0.2, -0.15) is 0 Å². The Hall–Kier alpha value is -1.17. The van der Waals surface area contributed by atoms with E-state index in [1.54, 1.807) is 6.07 Å². The van der Waals surface area contributed by atoms with Crippen LogP contribution in [0, 0.1) is 5.92 Å². The van der Waals surface area contributed by atoms with Crippen molar-refractivity contribution in [3.63, 3.8) is 0 Å². The Bertz CT molecular complexity index is 569. The molecular formula is C17H26N2O3. The Morgan fingerprint density at radius 1 is 1.32 bits per heavy atom. The van der Waals surface area contributed by atoms with Gasteiger partial charge < -0.3 is 14.4 Å².